The Morgan fingerprint density at radius 3 is 2.77 bits per heavy atom. The number of aromatic nitrogens is 4. The number of nitrogens with one attached hydrogen (secondary N) is 2. The second kappa shape index (κ2) is 6.39. The van der Waals surface area contributed by atoms with Gasteiger partial charge < -0.3 is 5.32 Å². The van der Waals surface area contributed by atoms with Crippen LogP contribution in [0.2, 0.25) is 5.02 Å². The van der Waals surface area contributed by atoms with Crippen molar-refractivity contribution in [2.75, 3.05) is 6.54 Å². The van der Waals surface area contributed by atoms with Gasteiger partial charge in [-0.15, -0.1) is 0 Å². The number of halogens is 4. The van der Waals surface area contributed by atoms with Crippen LogP contribution in [-0.4, -0.2) is 32.4 Å². The molecule has 0 fully saturated rings. The van der Waals surface area contributed by atoms with E-state index in [-0.39, 0.29) is 12.2 Å². The lowest BCUT2D eigenvalue weighted by Gasteiger charge is -2.03. The average molecular weight is 336 g/mol. The molecule has 2 heterocycles. The highest BCUT2D eigenvalue weighted by atomic mass is 35.5. The molecule has 0 radical (unpaired) electrons. The van der Waals surface area contributed by atoms with Gasteiger partial charge in [0.2, 0.25) is 0 Å². The van der Waals surface area contributed by atoms with E-state index in [4.69, 9.17) is 11.6 Å². The molecule has 0 aliphatic carbocycles. The lowest BCUT2D eigenvalue weighted by molar-refractivity contribution is -0.141. The zero-order valence-corrected chi connectivity index (χ0v) is 12.3. The number of rotatable bonds is 5. The van der Waals surface area contributed by atoms with Gasteiger partial charge in [-0.1, -0.05) is 11.6 Å². The third-order valence-electron chi connectivity index (χ3n) is 2.85. The van der Waals surface area contributed by atoms with E-state index in [0.29, 0.717) is 29.7 Å². The first-order chi connectivity index (χ1) is 10.3. The van der Waals surface area contributed by atoms with E-state index in [0.717, 1.165) is 0 Å². The van der Waals surface area contributed by atoms with Gasteiger partial charge in [-0.2, -0.15) is 23.4 Å². The number of H-pyrrole nitrogens is 1. The van der Waals surface area contributed by atoms with Gasteiger partial charge in [0.1, 0.15) is 5.69 Å². The van der Waals surface area contributed by atoms with E-state index >= 15 is 0 Å². The number of hydrogen-bond donors (Lipinski definition) is 2. The Morgan fingerprint density at radius 2 is 2.23 bits per heavy atom. The van der Waals surface area contributed by atoms with Gasteiger partial charge in [0.05, 0.1) is 10.7 Å². The zero-order valence-electron chi connectivity index (χ0n) is 11.5. The van der Waals surface area contributed by atoms with Crippen LogP contribution < -0.4 is 5.32 Å². The van der Waals surface area contributed by atoms with Crippen LogP contribution in [0.15, 0.2) is 12.3 Å². The van der Waals surface area contributed by atoms with Crippen molar-refractivity contribution in [2.45, 2.75) is 26.1 Å². The van der Waals surface area contributed by atoms with Gasteiger partial charge in [0, 0.05) is 25.4 Å². The molecule has 0 unspecified atom stereocenters. The Balaban J connectivity index is 1.79. The molecule has 0 aliphatic rings. The first kappa shape index (κ1) is 16.3. The van der Waals surface area contributed by atoms with Crippen LogP contribution in [-0.2, 0) is 12.7 Å². The predicted octanol–water partition coefficient (Wildman–Crippen LogP) is 2.41. The summed E-state index contributed by atoms with van der Waals surface area (Å²) in [7, 11) is 0. The highest BCUT2D eigenvalue weighted by Crippen LogP contribution is 2.27. The van der Waals surface area contributed by atoms with Crippen molar-refractivity contribution in [3.05, 3.63) is 34.4 Å². The molecule has 2 rings (SSSR count). The Labute approximate surface area is 128 Å². The van der Waals surface area contributed by atoms with E-state index in [1.165, 1.54) is 0 Å². The van der Waals surface area contributed by atoms with E-state index in [9.17, 15) is 18.0 Å². The summed E-state index contributed by atoms with van der Waals surface area (Å²) in [5.74, 6) is -0.665. The summed E-state index contributed by atoms with van der Waals surface area (Å²) in [6.45, 7) is 2.59. The van der Waals surface area contributed by atoms with Crippen molar-refractivity contribution in [2.24, 2.45) is 0 Å². The minimum absolute atomic E-state index is 0.281. The number of carbonyl (C=O) groups excluding carboxylic acids is 1. The van der Waals surface area contributed by atoms with E-state index in [1.54, 1.807) is 22.9 Å². The number of alkyl halides is 3. The SMILES string of the molecule is Cc1nn(CCCNC(=O)c2cc(C(F)(F)F)[nH]n2)cc1Cl. The minimum atomic E-state index is -4.55. The van der Waals surface area contributed by atoms with Crippen LogP contribution >= 0.6 is 11.6 Å². The summed E-state index contributed by atoms with van der Waals surface area (Å²) in [6, 6.07) is 0.673. The second-order valence-electron chi connectivity index (χ2n) is 4.60. The minimum Gasteiger partial charge on any atom is -0.351 e. The summed E-state index contributed by atoms with van der Waals surface area (Å²) in [4.78, 5) is 11.7. The highest BCUT2D eigenvalue weighted by molar-refractivity contribution is 6.31. The molecule has 22 heavy (non-hydrogen) atoms. The number of carbonyl (C=O) groups is 1. The van der Waals surface area contributed by atoms with Crippen LogP contribution in [0.5, 0.6) is 0 Å². The molecule has 6 nitrogen and oxygen atoms in total. The van der Waals surface area contributed by atoms with Crippen molar-refractivity contribution in [3.63, 3.8) is 0 Å². The summed E-state index contributed by atoms with van der Waals surface area (Å²) < 4.78 is 38.7. The molecular weight excluding hydrogens is 323 g/mol. The van der Waals surface area contributed by atoms with Gasteiger partial charge in [0.25, 0.3) is 5.91 Å². The third-order valence-corrected chi connectivity index (χ3v) is 3.22. The fourth-order valence-electron chi connectivity index (χ4n) is 1.72. The molecule has 0 atom stereocenters. The number of amides is 1. The predicted molar refractivity (Wildman–Crippen MR) is 72.5 cm³/mol. The molecule has 0 aromatic carbocycles. The lowest BCUT2D eigenvalue weighted by atomic mass is 10.3. The van der Waals surface area contributed by atoms with E-state index < -0.39 is 17.8 Å². The largest absolute Gasteiger partial charge is 0.432 e. The van der Waals surface area contributed by atoms with Crippen LogP contribution in [0.25, 0.3) is 0 Å². The molecule has 2 aromatic heterocycles. The van der Waals surface area contributed by atoms with Crippen molar-refractivity contribution in [1.29, 1.82) is 0 Å². The Hall–Kier alpha value is -2.03. The van der Waals surface area contributed by atoms with Gasteiger partial charge in [-0.05, 0) is 13.3 Å². The molecule has 1 amide bonds. The molecule has 120 valence electrons. The lowest BCUT2D eigenvalue weighted by Crippen LogP contribution is -2.25. The normalized spacial score (nSPS) is 11.7. The number of nitrogens with zero attached hydrogens (tertiary/aromatic N) is 3. The Bertz CT molecular complexity index is 645. The molecule has 0 aliphatic heterocycles. The maximum absolute atomic E-state index is 12.4. The average Bonchev–Trinajstić information content (AvgIpc) is 3.02. The quantitative estimate of drug-likeness (QED) is 0.824. The van der Waals surface area contributed by atoms with Gasteiger partial charge in [-0.3, -0.25) is 14.6 Å². The topological polar surface area (TPSA) is 75.6 Å². The van der Waals surface area contributed by atoms with Crippen molar-refractivity contribution in [1.82, 2.24) is 25.3 Å². The standard InChI is InChI=1S/C12H13ClF3N5O/c1-7-8(13)6-21(20-7)4-2-3-17-11(22)9-5-10(19-18-9)12(14,15)16/h5-6H,2-4H2,1H3,(H,17,22)(H,18,19). The van der Waals surface area contributed by atoms with Gasteiger partial charge in [-0.25, -0.2) is 0 Å². The molecule has 2 aromatic rings. The van der Waals surface area contributed by atoms with Crippen LogP contribution in [0.1, 0.15) is 28.3 Å². The number of hydrogen-bond acceptors (Lipinski definition) is 3. The molecule has 10 heteroatoms. The zero-order chi connectivity index (χ0) is 16.3. The number of aryl methyl sites for hydroxylation is 2. The van der Waals surface area contributed by atoms with Crippen molar-refractivity contribution < 1.29 is 18.0 Å². The molecule has 0 saturated heterocycles. The maximum atomic E-state index is 12.4. The fourth-order valence-corrected chi connectivity index (χ4v) is 1.88. The van der Waals surface area contributed by atoms with Gasteiger partial charge in [0.15, 0.2) is 5.69 Å². The van der Waals surface area contributed by atoms with Crippen molar-refractivity contribution in [3.8, 4) is 0 Å². The second-order valence-corrected chi connectivity index (χ2v) is 5.01. The van der Waals surface area contributed by atoms with E-state index in [1.807, 2.05) is 0 Å². The first-order valence-electron chi connectivity index (χ1n) is 6.37. The van der Waals surface area contributed by atoms with E-state index in [2.05, 4.69) is 15.5 Å². The summed E-state index contributed by atoms with van der Waals surface area (Å²) in [5, 5.41) is 12.3. The molecular formula is C12H13ClF3N5O. The van der Waals surface area contributed by atoms with Crippen LogP contribution in [0.3, 0.4) is 0 Å². The Kier molecular flexibility index (Phi) is 4.74. The summed E-state index contributed by atoms with van der Waals surface area (Å²) in [5.41, 5.74) is -0.647. The first-order valence-corrected chi connectivity index (χ1v) is 6.75. The summed E-state index contributed by atoms with van der Waals surface area (Å²) >= 11 is 5.86. The smallest absolute Gasteiger partial charge is 0.351 e. The summed E-state index contributed by atoms with van der Waals surface area (Å²) in [6.07, 6.45) is -2.33. The van der Waals surface area contributed by atoms with Gasteiger partial charge >= 0.3 is 6.18 Å². The van der Waals surface area contributed by atoms with Crippen LogP contribution in [0, 0.1) is 6.92 Å². The number of aromatic amines is 1. The van der Waals surface area contributed by atoms with Crippen molar-refractivity contribution >= 4 is 17.5 Å². The maximum Gasteiger partial charge on any atom is 0.432 e. The highest BCUT2D eigenvalue weighted by Gasteiger charge is 2.33. The Morgan fingerprint density at radius 1 is 1.50 bits per heavy atom. The van der Waals surface area contributed by atoms with Crippen LogP contribution in [0.4, 0.5) is 13.2 Å². The fraction of sp³-hybridized carbons (Fsp3) is 0.417. The molecule has 0 spiro atoms. The molecule has 2 N–H and O–H groups in total. The molecule has 0 bridgehead atoms. The monoisotopic (exact) mass is 335 g/mol. The molecule has 0 saturated carbocycles. The third kappa shape index (κ3) is 4.00.